The zero-order valence-corrected chi connectivity index (χ0v) is 19.1. The van der Waals surface area contributed by atoms with Crippen LogP contribution in [0, 0.1) is 0 Å². The van der Waals surface area contributed by atoms with E-state index in [1.165, 1.54) is 62.0 Å². The van der Waals surface area contributed by atoms with Crippen LogP contribution in [0.15, 0.2) is 46.2 Å². The van der Waals surface area contributed by atoms with Crippen LogP contribution < -0.4 is 18.9 Å². The molecule has 0 fully saturated rings. The molecule has 2 aromatic carbocycles. The SMILES string of the molecule is CCN(CC)S(=O)(=O)c1ccc(OC)c(NS(=O)(=O)c2ccc(OC)c(OC)c2)c1. The molecule has 0 aliphatic rings. The molecule has 2 aromatic rings. The zero-order valence-electron chi connectivity index (χ0n) is 17.5. The number of hydrogen-bond donors (Lipinski definition) is 1. The molecular weight excluding hydrogens is 432 g/mol. The van der Waals surface area contributed by atoms with E-state index >= 15 is 0 Å². The van der Waals surface area contributed by atoms with Crippen LogP contribution in [0.4, 0.5) is 5.69 Å². The fraction of sp³-hybridized carbons (Fsp3) is 0.368. The minimum atomic E-state index is -4.07. The molecule has 0 saturated heterocycles. The summed E-state index contributed by atoms with van der Waals surface area (Å²) in [5.41, 5.74) is 0.000478. The van der Waals surface area contributed by atoms with Gasteiger partial charge in [0.2, 0.25) is 10.0 Å². The Bertz CT molecular complexity index is 1100. The van der Waals surface area contributed by atoms with Crippen molar-refractivity contribution in [2.24, 2.45) is 0 Å². The van der Waals surface area contributed by atoms with Crippen LogP contribution in [0.25, 0.3) is 0 Å². The molecule has 0 radical (unpaired) electrons. The van der Waals surface area contributed by atoms with Gasteiger partial charge in [0.05, 0.1) is 36.8 Å². The lowest BCUT2D eigenvalue weighted by Gasteiger charge is -2.20. The smallest absolute Gasteiger partial charge is 0.262 e. The Balaban J connectivity index is 2.51. The largest absolute Gasteiger partial charge is 0.495 e. The van der Waals surface area contributed by atoms with Crippen molar-refractivity contribution >= 4 is 25.7 Å². The number of benzene rings is 2. The van der Waals surface area contributed by atoms with Gasteiger partial charge >= 0.3 is 0 Å². The normalized spacial score (nSPS) is 11.9. The van der Waals surface area contributed by atoms with Gasteiger partial charge in [0, 0.05) is 19.2 Å². The first-order valence-corrected chi connectivity index (χ1v) is 12.0. The van der Waals surface area contributed by atoms with E-state index in [0.717, 1.165) is 0 Å². The standard InChI is InChI=1S/C19H26N2O7S2/c1-6-21(7-2)30(24,25)15-9-10-17(26-3)16(12-15)20-29(22,23)14-8-11-18(27-4)19(13-14)28-5/h8-13,20H,6-7H2,1-5H3. The minimum Gasteiger partial charge on any atom is -0.495 e. The Morgan fingerprint density at radius 1 is 0.767 bits per heavy atom. The highest BCUT2D eigenvalue weighted by atomic mass is 32.2. The maximum Gasteiger partial charge on any atom is 0.262 e. The first-order chi connectivity index (χ1) is 14.1. The number of methoxy groups -OCH3 is 3. The van der Waals surface area contributed by atoms with Gasteiger partial charge in [-0.25, -0.2) is 16.8 Å². The van der Waals surface area contributed by atoms with Gasteiger partial charge in [-0.15, -0.1) is 0 Å². The first kappa shape index (κ1) is 23.8. The van der Waals surface area contributed by atoms with Crippen molar-refractivity contribution in [3.63, 3.8) is 0 Å². The summed E-state index contributed by atoms with van der Waals surface area (Å²) >= 11 is 0. The molecule has 0 saturated carbocycles. The monoisotopic (exact) mass is 458 g/mol. The number of anilines is 1. The summed E-state index contributed by atoms with van der Waals surface area (Å²) in [5, 5.41) is 0. The average Bonchev–Trinajstić information content (AvgIpc) is 2.73. The predicted molar refractivity (Wildman–Crippen MR) is 113 cm³/mol. The predicted octanol–water partition coefficient (Wildman–Crippen LogP) is 2.54. The second-order valence-corrected chi connectivity index (χ2v) is 9.69. The van der Waals surface area contributed by atoms with Gasteiger partial charge in [-0.2, -0.15) is 4.31 Å². The van der Waals surface area contributed by atoms with Crippen molar-refractivity contribution in [2.75, 3.05) is 39.1 Å². The fourth-order valence-electron chi connectivity index (χ4n) is 2.83. The molecule has 0 heterocycles. The van der Waals surface area contributed by atoms with Gasteiger partial charge < -0.3 is 14.2 Å². The Hall–Kier alpha value is -2.50. The van der Waals surface area contributed by atoms with Crippen LogP contribution in [0.2, 0.25) is 0 Å². The Kier molecular flexibility index (Phi) is 7.56. The van der Waals surface area contributed by atoms with Gasteiger partial charge in [0.15, 0.2) is 11.5 Å². The van der Waals surface area contributed by atoms with E-state index in [1.54, 1.807) is 13.8 Å². The molecule has 1 N–H and O–H groups in total. The van der Waals surface area contributed by atoms with E-state index in [4.69, 9.17) is 14.2 Å². The number of nitrogens with zero attached hydrogens (tertiary/aromatic N) is 1. The van der Waals surface area contributed by atoms with Crippen LogP contribution in [-0.2, 0) is 20.0 Å². The Morgan fingerprint density at radius 2 is 1.30 bits per heavy atom. The van der Waals surface area contributed by atoms with Gasteiger partial charge in [0.25, 0.3) is 10.0 Å². The molecule has 30 heavy (non-hydrogen) atoms. The molecular formula is C19H26N2O7S2. The van der Waals surface area contributed by atoms with Crippen molar-refractivity contribution < 1.29 is 31.0 Å². The highest BCUT2D eigenvalue weighted by molar-refractivity contribution is 7.92. The van der Waals surface area contributed by atoms with Gasteiger partial charge in [-0.3, -0.25) is 4.72 Å². The summed E-state index contributed by atoms with van der Waals surface area (Å²) in [6.07, 6.45) is 0. The third-order valence-electron chi connectivity index (χ3n) is 4.42. The van der Waals surface area contributed by atoms with E-state index in [0.29, 0.717) is 5.75 Å². The van der Waals surface area contributed by atoms with E-state index in [2.05, 4.69) is 4.72 Å². The highest BCUT2D eigenvalue weighted by Crippen LogP contribution is 2.33. The topological polar surface area (TPSA) is 111 Å². The van der Waals surface area contributed by atoms with E-state index in [1.807, 2.05) is 0 Å². The number of nitrogens with one attached hydrogen (secondary N) is 1. The van der Waals surface area contributed by atoms with Crippen LogP contribution >= 0.6 is 0 Å². The van der Waals surface area contributed by atoms with E-state index in [9.17, 15) is 16.8 Å². The van der Waals surface area contributed by atoms with Gasteiger partial charge in [-0.1, -0.05) is 13.8 Å². The maximum absolute atomic E-state index is 12.9. The summed E-state index contributed by atoms with van der Waals surface area (Å²) in [7, 11) is -3.65. The Labute approximate surface area is 177 Å². The molecule has 0 spiro atoms. The molecule has 9 nitrogen and oxygen atoms in total. The van der Waals surface area contributed by atoms with Crippen molar-refractivity contribution in [3.8, 4) is 17.2 Å². The molecule has 0 bridgehead atoms. The summed E-state index contributed by atoms with van der Waals surface area (Å²) in [6.45, 7) is 4.03. The second kappa shape index (κ2) is 9.54. The molecule has 0 atom stereocenters. The lowest BCUT2D eigenvalue weighted by atomic mass is 10.3. The molecule has 2 rings (SSSR count). The number of hydrogen-bond acceptors (Lipinski definition) is 7. The summed E-state index contributed by atoms with van der Waals surface area (Å²) in [6, 6.07) is 8.15. The van der Waals surface area contributed by atoms with Crippen molar-refractivity contribution in [1.82, 2.24) is 4.31 Å². The van der Waals surface area contributed by atoms with Crippen molar-refractivity contribution in [3.05, 3.63) is 36.4 Å². The van der Waals surface area contributed by atoms with Crippen molar-refractivity contribution in [2.45, 2.75) is 23.6 Å². The zero-order chi connectivity index (χ0) is 22.5. The lowest BCUT2D eigenvalue weighted by Crippen LogP contribution is -2.30. The average molecular weight is 459 g/mol. The van der Waals surface area contributed by atoms with Crippen LogP contribution in [0.1, 0.15) is 13.8 Å². The van der Waals surface area contributed by atoms with Crippen molar-refractivity contribution in [1.29, 1.82) is 0 Å². The van der Waals surface area contributed by atoms with Gasteiger partial charge in [-0.05, 0) is 30.3 Å². The lowest BCUT2D eigenvalue weighted by molar-refractivity contribution is 0.354. The quantitative estimate of drug-likeness (QED) is 0.582. The number of sulfonamides is 2. The van der Waals surface area contributed by atoms with E-state index in [-0.39, 0.29) is 40.1 Å². The minimum absolute atomic E-state index is 0.000478. The maximum atomic E-state index is 12.9. The van der Waals surface area contributed by atoms with Gasteiger partial charge in [0.1, 0.15) is 5.75 Å². The molecule has 0 aliphatic carbocycles. The highest BCUT2D eigenvalue weighted by Gasteiger charge is 2.25. The fourth-order valence-corrected chi connectivity index (χ4v) is 5.39. The number of ether oxygens (including phenoxy) is 3. The number of rotatable bonds is 10. The molecule has 11 heteroatoms. The third kappa shape index (κ3) is 4.79. The third-order valence-corrected chi connectivity index (χ3v) is 7.83. The first-order valence-electron chi connectivity index (χ1n) is 9.07. The molecule has 0 aromatic heterocycles. The van der Waals surface area contributed by atoms with Crippen LogP contribution in [-0.4, -0.2) is 55.6 Å². The molecule has 0 amide bonds. The molecule has 0 aliphatic heterocycles. The Morgan fingerprint density at radius 3 is 1.83 bits per heavy atom. The summed E-state index contributed by atoms with van der Waals surface area (Å²) < 4.78 is 70.6. The van der Waals surface area contributed by atoms with E-state index < -0.39 is 20.0 Å². The molecule has 0 unspecified atom stereocenters. The second-order valence-electron chi connectivity index (χ2n) is 6.07. The van der Waals surface area contributed by atoms with Crippen LogP contribution in [0.5, 0.6) is 17.2 Å². The summed E-state index contributed by atoms with van der Waals surface area (Å²) in [4.78, 5) is -0.129. The van der Waals surface area contributed by atoms with Crippen LogP contribution in [0.3, 0.4) is 0 Å². The summed E-state index contributed by atoms with van der Waals surface area (Å²) in [5.74, 6) is 0.795. The molecule has 166 valence electrons.